The molecule has 0 fully saturated rings. The van der Waals surface area contributed by atoms with Gasteiger partial charge in [-0.25, -0.2) is 13.2 Å². The smallest absolute Gasteiger partial charge is 0.168 e. The van der Waals surface area contributed by atoms with Gasteiger partial charge in [0, 0.05) is 6.07 Å². The van der Waals surface area contributed by atoms with E-state index in [0.717, 1.165) is 12.1 Å². The Labute approximate surface area is 108 Å². The van der Waals surface area contributed by atoms with Gasteiger partial charge in [-0.1, -0.05) is 12.1 Å². The van der Waals surface area contributed by atoms with E-state index in [0.29, 0.717) is 24.6 Å². The van der Waals surface area contributed by atoms with Crippen LogP contribution in [0.15, 0.2) is 36.4 Å². The van der Waals surface area contributed by atoms with Crippen molar-refractivity contribution in [1.29, 1.82) is 0 Å². The van der Waals surface area contributed by atoms with E-state index in [2.05, 4.69) is 0 Å². The van der Waals surface area contributed by atoms with Gasteiger partial charge in [0.1, 0.15) is 5.82 Å². The number of benzene rings is 2. The summed E-state index contributed by atoms with van der Waals surface area (Å²) in [5, 5.41) is 0. The maximum absolute atomic E-state index is 13.7. The van der Waals surface area contributed by atoms with E-state index >= 15 is 0 Å². The molecule has 100 valence electrons. The van der Waals surface area contributed by atoms with Crippen LogP contribution in [0.5, 0.6) is 11.5 Å². The second kappa shape index (κ2) is 5.75. The summed E-state index contributed by atoms with van der Waals surface area (Å²) in [5.41, 5.74) is 5.95. The van der Waals surface area contributed by atoms with Crippen molar-refractivity contribution in [3.05, 3.63) is 59.4 Å². The monoisotopic (exact) mass is 267 g/mol. The van der Waals surface area contributed by atoms with Gasteiger partial charge in [-0.2, -0.15) is 0 Å². The molecular weight excluding hydrogens is 255 g/mol. The summed E-state index contributed by atoms with van der Waals surface area (Å²) in [5.74, 6) is -2.54. The minimum atomic E-state index is -0.887. The highest BCUT2D eigenvalue weighted by Crippen LogP contribution is 2.30. The highest BCUT2D eigenvalue weighted by molar-refractivity contribution is 5.39. The number of para-hydroxylation sites is 1. The van der Waals surface area contributed by atoms with Gasteiger partial charge in [-0.3, -0.25) is 0 Å². The molecule has 2 aromatic carbocycles. The molecule has 0 saturated heterocycles. The van der Waals surface area contributed by atoms with Crippen LogP contribution in [-0.2, 0) is 6.42 Å². The molecular formula is C14H12F3NO. The van der Waals surface area contributed by atoms with Crippen LogP contribution < -0.4 is 10.5 Å². The van der Waals surface area contributed by atoms with Gasteiger partial charge in [0.15, 0.2) is 23.1 Å². The fourth-order valence-electron chi connectivity index (χ4n) is 1.69. The first kappa shape index (κ1) is 13.4. The van der Waals surface area contributed by atoms with Crippen molar-refractivity contribution in [3.8, 4) is 11.5 Å². The fraction of sp³-hybridized carbons (Fsp3) is 0.143. The van der Waals surface area contributed by atoms with E-state index in [9.17, 15) is 13.2 Å². The van der Waals surface area contributed by atoms with Gasteiger partial charge in [0.25, 0.3) is 0 Å². The quantitative estimate of drug-likeness (QED) is 0.921. The van der Waals surface area contributed by atoms with Gasteiger partial charge in [-0.05, 0) is 36.7 Å². The van der Waals surface area contributed by atoms with Crippen molar-refractivity contribution in [2.24, 2.45) is 5.73 Å². The first-order valence-electron chi connectivity index (χ1n) is 5.72. The highest BCUT2D eigenvalue weighted by Gasteiger charge is 2.13. The molecule has 19 heavy (non-hydrogen) atoms. The van der Waals surface area contributed by atoms with E-state index in [1.54, 1.807) is 6.07 Å². The Morgan fingerprint density at radius 2 is 1.79 bits per heavy atom. The molecule has 2 aromatic rings. The zero-order valence-corrected chi connectivity index (χ0v) is 10.00. The lowest BCUT2D eigenvalue weighted by molar-refractivity contribution is 0.407. The number of hydrogen-bond donors (Lipinski definition) is 1. The van der Waals surface area contributed by atoms with Crippen molar-refractivity contribution in [2.75, 3.05) is 6.54 Å². The minimum absolute atomic E-state index is 0.0848. The Morgan fingerprint density at radius 3 is 2.47 bits per heavy atom. The average molecular weight is 267 g/mol. The molecule has 0 atom stereocenters. The molecule has 0 saturated carbocycles. The van der Waals surface area contributed by atoms with E-state index in [1.807, 2.05) is 0 Å². The molecule has 0 aliphatic carbocycles. The van der Waals surface area contributed by atoms with Crippen LogP contribution in [0.3, 0.4) is 0 Å². The van der Waals surface area contributed by atoms with Gasteiger partial charge in [-0.15, -0.1) is 0 Å². The second-order valence-electron chi connectivity index (χ2n) is 3.94. The Kier molecular flexibility index (Phi) is 4.06. The maximum Gasteiger partial charge on any atom is 0.168 e. The van der Waals surface area contributed by atoms with Crippen LogP contribution in [0.4, 0.5) is 13.2 Å². The van der Waals surface area contributed by atoms with Crippen molar-refractivity contribution in [2.45, 2.75) is 6.42 Å². The SMILES string of the molecule is NCCc1cccc(F)c1Oc1ccc(F)cc1F. The third-order valence-electron chi connectivity index (χ3n) is 2.57. The summed E-state index contributed by atoms with van der Waals surface area (Å²) < 4.78 is 45.2. The molecule has 0 bridgehead atoms. The fourth-order valence-corrected chi connectivity index (χ4v) is 1.69. The van der Waals surface area contributed by atoms with E-state index in [4.69, 9.17) is 10.5 Å². The van der Waals surface area contributed by atoms with Crippen molar-refractivity contribution >= 4 is 0 Å². The maximum atomic E-state index is 13.7. The normalized spacial score (nSPS) is 10.5. The second-order valence-corrected chi connectivity index (χ2v) is 3.94. The molecule has 2 nitrogen and oxygen atoms in total. The van der Waals surface area contributed by atoms with E-state index in [-0.39, 0.29) is 11.5 Å². The number of rotatable bonds is 4. The largest absolute Gasteiger partial charge is 0.451 e. The van der Waals surface area contributed by atoms with Crippen LogP contribution in [0, 0.1) is 17.5 Å². The Bertz CT molecular complexity index is 587. The van der Waals surface area contributed by atoms with Crippen molar-refractivity contribution < 1.29 is 17.9 Å². The lowest BCUT2D eigenvalue weighted by atomic mass is 10.1. The van der Waals surface area contributed by atoms with Crippen LogP contribution in [-0.4, -0.2) is 6.54 Å². The summed E-state index contributed by atoms with van der Waals surface area (Å²) in [6.07, 6.45) is 0.399. The van der Waals surface area contributed by atoms with Crippen LogP contribution in [0.2, 0.25) is 0 Å². The molecule has 0 unspecified atom stereocenters. The van der Waals surface area contributed by atoms with Crippen molar-refractivity contribution in [1.82, 2.24) is 0 Å². The minimum Gasteiger partial charge on any atom is -0.451 e. The zero-order valence-electron chi connectivity index (χ0n) is 10.00. The summed E-state index contributed by atoms with van der Waals surface area (Å²) >= 11 is 0. The predicted molar refractivity (Wildman–Crippen MR) is 65.6 cm³/mol. The van der Waals surface area contributed by atoms with Gasteiger partial charge in [0.2, 0.25) is 0 Å². The lowest BCUT2D eigenvalue weighted by Gasteiger charge is -2.12. The molecule has 0 aromatic heterocycles. The summed E-state index contributed by atoms with van der Waals surface area (Å²) in [4.78, 5) is 0. The molecule has 2 rings (SSSR count). The number of halogens is 3. The van der Waals surface area contributed by atoms with E-state index in [1.165, 1.54) is 12.1 Å². The molecule has 0 aliphatic rings. The molecule has 0 spiro atoms. The first-order valence-corrected chi connectivity index (χ1v) is 5.72. The Balaban J connectivity index is 2.37. The topological polar surface area (TPSA) is 35.2 Å². The number of nitrogens with two attached hydrogens (primary N) is 1. The Hall–Kier alpha value is -2.01. The van der Waals surface area contributed by atoms with E-state index < -0.39 is 17.5 Å². The number of ether oxygens (including phenoxy) is 1. The highest BCUT2D eigenvalue weighted by atomic mass is 19.1. The summed E-state index contributed by atoms with van der Waals surface area (Å²) in [6.45, 7) is 0.311. The third-order valence-corrected chi connectivity index (χ3v) is 2.57. The molecule has 0 radical (unpaired) electrons. The summed E-state index contributed by atoms with van der Waals surface area (Å²) in [7, 11) is 0. The molecule has 5 heteroatoms. The van der Waals surface area contributed by atoms with Crippen LogP contribution >= 0.6 is 0 Å². The van der Waals surface area contributed by atoms with Crippen molar-refractivity contribution in [3.63, 3.8) is 0 Å². The molecule has 2 N–H and O–H groups in total. The predicted octanol–water partition coefficient (Wildman–Crippen LogP) is 3.40. The zero-order chi connectivity index (χ0) is 13.8. The first-order chi connectivity index (χ1) is 9.11. The lowest BCUT2D eigenvalue weighted by Crippen LogP contribution is -2.05. The van der Waals surface area contributed by atoms with Gasteiger partial charge >= 0.3 is 0 Å². The van der Waals surface area contributed by atoms with Gasteiger partial charge < -0.3 is 10.5 Å². The van der Waals surface area contributed by atoms with Crippen LogP contribution in [0.25, 0.3) is 0 Å². The third kappa shape index (κ3) is 3.06. The molecule has 0 amide bonds. The van der Waals surface area contributed by atoms with Gasteiger partial charge in [0.05, 0.1) is 0 Å². The average Bonchev–Trinajstić information content (AvgIpc) is 2.36. The Morgan fingerprint density at radius 1 is 1.00 bits per heavy atom. The number of hydrogen-bond acceptors (Lipinski definition) is 2. The standard InChI is InChI=1S/C14H12F3NO/c15-10-4-5-13(12(17)8-10)19-14-9(6-7-18)2-1-3-11(14)16/h1-5,8H,6-7,18H2. The molecule has 0 heterocycles. The molecule has 0 aliphatic heterocycles. The summed E-state index contributed by atoms with van der Waals surface area (Å²) in [6, 6.07) is 7.21. The van der Waals surface area contributed by atoms with Crippen LogP contribution in [0.1, 0.15) is 5.56 Å².